The Balaban J connectivity index is 2.34. The van der Waals surface area contributed by atoms with Crippen molar-refractivity contribution in [3.8, 4) is 0 Å². The largest absolute Gasteiger partial charge is 0.378 e. The highest BCUT2D eigenvalue weighted by Crippen LogP contribution is 2.06. The van der Waals surface area contributed by atoms with Gasteiger partial charge in [0.25, 0.3) is 11.8 Å². The zero-order chi connectivity index (χ0) is 22.0. The second kappa shape index (κ2) is 16.9. The Morgan fingerprint density at radius 1 is 0.767 bits per heavy atom. The minimum Gasteiger partial charge on any atom is -0.378 e. The third-order valence-electron chi connectivity index (χ3n) is 4.08. The molecule has 0 radical (unpaired) electrons. The molecule has 0 fully saturated rings. The molecule has 0 unspecified atom stereocenters. The van der Waals surface area contributed by atoms with E-state index < -0.39 is 11.8 Å². The van der Waals surface area contributed by atoms with Gasteiger partial charge in [0.2, 0.25) is 5.91 Å². The Bertz CT molecular complexity index is 509. The number of amides is 3. The lowest BCUT2D eigenvalue weighted by molar-refractivity contribution is -0.138. The maximum absolute atomic E-state index is 12.6. The van der Waals surface area contributed by atoms with Gasteiger partial charge in [-0.2, -0.15) is 0 Å². The normalized spacial score (nSPS) is 13.5. The Labute approximate surface area is 177 Å². The summed E-state index contributed by atoms with van der Waals surface area (Å²) >= 11 is 0. The molecule has 1 rings (SSSR count). The summed E-state index contributed by atoms with van der Waals surface area (Å²) < 4.78 is 21.4. The summed E-state index contributed by atoms with van der Waals surface area (Å²) in [6, 6.07) is 0. The topological polar surface area (TPSA) is 147 Å². The number of hydrogen-bond acceptors (Lipinski definition) is 9. The first-order valence-electron chi connectivity index (χ1n) is 10.1. The van der Waals surface area contributed by atoms with Crippen LogP contribution in [0.25, 0.3) is 0 Å². The molecule has 4 N–H and O–H groups in total. The molecule has 30 heavy (non-hydrogen) atoms. The first-order chi connectivity index (χ1) is 14.6. The van der Waals surface area contributed by atoms with E-state index in [-0.39, 0.29) is 18.9 Å². The van der Waals surface area contributed by atoms with Crippen molar-refractivity contribution < 1.29 is 33.3 Å². The molecule has 172 valence electrons. The molecule has 0 aliphatic carbocycles. The number of hydrogen-bond donors (Lipinski definition) is 2. The minimum atomic E-state index is -0.402. The molecular weight excluding hydrogens is 396 g/mol. The molecule has 0 aromatic carbocycles. The molecule has 1 aliphatic rings. The molecule has 0 saturated heterocycles. The van der Waals surface area contributed by atoms with Crippen LogP contribution in [0.4, 0.5) is 0 Å². The zero-order valence-corrected chi connectivity index (χ0v) is 17.5. The highest BCUT2D eigenvalue weighted by Gasteiger charge is 2.24. The Morgan fingerprint density at radius 3 is 1.63 bits per heavy atom. The lowest BCUT2D eigenvalue weighted by atomic mass is 10.3. The maximum atomic E-state index is 12.6. The summed E-state index contributed by atoms with van der Waals surface area (Å²) in [6.45, 7) is 4.97. The monoisotopic (exact) mass is 430 g/mol. The Morgan fingerprint density at radius 2 is 1.20 bits per heavy atom. The first-order valence-corrected chi connectivity index (χ1v) is 10.1. The van der Waals surface area contributed by atoms with Crippen molar-refractivity contribution in [3.05, 3.63) is 12.2 Å². The average molecular weight is 431 g/mol. The fourth-order valence-corrected chi connectivity index (χ4v) is 2.54. The van der Waals surface area contributed by atoms with Gasteiger partial charge in [-0.05, 0) is 0 Å². The molecule has 11 heteroatoms. The number of carbonyl (C=O) groups is 3. The quantitative estimate of drug-likeness (QED) is 0.177. The number of nitrogens with two attached hydrogens (primary N) is 2. The van der Waals surface area contributed by atoms with Crippen LogP contribution in [0.2, 0.25) is 0 Å². The molecule has 1 heterocycles. The lowest BCUT2D eigenvalue weighted by Gasteiger charge is -2.24. The smallest absolute Gasteiger partial charge is 0.253 e. The van der Waals surface area contributed by atoms with E-state index in [1.54, 1.807) is 4.90 Å². The second-order valence-corrected chi connectivity index (χ2v) is 6.32. The molecule has 0 spiro atoms. The van der Waals surface area contributed by atoms with Gasteiger partial charge in [-0.1, -0.05) is 0 Å². The summed E-state index contributed by atoms with van der Waals surface area (Å²) in [5.41, 5.74) is 10.7. The molecule has 0 saturated carbocycles. The van der Waals surface area contributed by atoms with E-state index >= 15 is 0 Å². The molecular formula is C19H34N4O7. The van der Waals surface area contributed by atoms with E-state index in [9.17, 15) is 14.4 Å². The van der Waals surface area contributed by atoms with Crippen LogP contribution in [0.15, 0.2) is 12.2 Å². The standard InChI is InChI=1S/C19H34N4O7/c20-4-9-27-13-15-29-11-7-22(8-12-30-16-14-28-10-5-21)17(24)3-6-23-18(25)1-2-19(23)26/h1-2H,3-16,20-21H2. The van der Waals surface area contributed by atoms with Crippen molar-refractivity contribution in [2.75, 3.05) is 85.6 Å². The number of ether oxygens (including phenoxy) is 4. The lowest BCUT2D eigenvalue weighted by Crippen LogP contribution is -2.40. The molecule has 3 amide bonds. The average Bonchev–Trinajstić information content (AvgIpc) is 3.06. The van der Waals surface area contributed by atoms with Gasteiger partial charge in [0.1, 0.15) is 0 Å². The molecule has 0 bridgehead atoms. The van der Waals surface area contributed by atoms with Crippen molar-refractivity contribution in [1.29, 1.82) is 0 Å². The predicted octanol–water partition coefficient (Wildman–Crippen LogP) is -1.89. The number of nitrogens with zero attached hydrogens (tertiary/aromatic N) is 2. The summed E-state index contributed by atoms with van der Waals surface area (Å²) in [4.78, 5) is 38.5. The number of imide groups is 1. The predicted molar refractivity (Wildman–Crippen MR) is 108 cm³/mol. The maximum Gasteiger partial charge on any atom is 0.253 e. The van der Waals surface area contributed by atoms with Gasteiger partial charge < -0.3 is 35.3 Å². The van der Waals surface area contributed by atoms with Crippen LogP contribution >= 0.6 is 0 Å². The number of rotatable bonds is 19. The van der Waals surface area contributed by atoms with Crippen LogP contribution in [-0.2, 0) is 33.3 Å². The molecule has 0 aromatic heterocycles. The van der Waals surface area contributed by atoms with E-state index in [0.717, 1.165) is 4.90 Å². The van der Waals surface area contributed by atoms with Gasteiger partial charge >= 0.3 is 0 Å². The summed E-state index contributed by atoms with van der Waals surface area (Å²) in [5.74, 6) is -0.990. The van der Waals surface area contributed by atoms with E-state index in [1.807, 2.05) is 0 Å². The molecule has 0 atom stereocenters. The number of carbonyl (C=O) groups excluding carboxylic acids is 3. The van der Waals surface area contributed by atoms with Crippen LogP contribution in [0.3, 0.4) is 0 Å². The summed E-state index contributed by atoms with van der Waals surface area (Å²) in [5, 5.41) is 0. The Hall–Kier alpha value is -1.89. The highest BCUT2D eigenvalue weighted by molar-refractivity contribution is 6.13. The minimum absolute atomic E-state index is 0.0401. The van der Waals surface area contributed by atoms with E-state index in [2.05, 4.69) is 0 Å². The second-order valence-electron chi connectivity index (χ2n) is 6.32. The van der Waals surface area contributed by atoms with Crippen LogP contribution in [0.1, 0.15) is 6.42 Å². The van der Waals surface area contributed by atoms with Crippen LogP contribution in [0.5, 0.6) is 0 Å². The van der Waals surface area contributed by atoms with Gasteiger partial charge in [-0.25, -0.2) is 0 Å². The highest BCUT2D eigenvalue weighted by atomic mass is 16.5. The Kier molecular flexibility index (Phi) is 14.7. The van der Waals surface area contributed by atoms with Crippen LogP contribution < -0.4 is 11.5 Å². The third kappa shape index (κ3) is 11.3. The fraction of sp³-hybridized carbons (Fsp3) is 0.737. The molecule has 1 aliphatic heterocycles. The van der Waals surface area contributed by atoms with Gasteiger partial charge in [0.05, 0.1) is 52.9 Å². The van der Waals surface area contributed by atoms with Gasteiger partial charge in [-0.15, -0.1) is 0 Å². The van der Waals surface area contributed by atoms with E-state index in [4.69, 9.17) is 30.4 Å². The van der Waals surface area contributed by atoms with Crippen molar-refractivity contribution in [2.24, 2.45) is 11.5 Å². The van der Waals surface area contributed by atoms with Gasteiger partial charge in [0.15, 0.2) is 0 Å². The van der Waals surface area contributed by atoms with Crippen molar-refractivity contribution >= 4 is 17.7 Å². The summed E-state index contributed by atoms with van der Waals surface area (Å²) in [7, 11) is 0. The van der Waals surface area contributed by atoms with Crippen molar-refractivity contribution in [1.82, 2.24) is 9.80 Å². The zero-order valence-electron chi connectivity index (χ0n) is 17.5. The van der Waals surface area contributed by atoms with Crippen LogP contribution in [-0.4, -0.2) is 113 Å². The summed E-state index contributed by atoms with van der Waals surface area (Å²) in [6.07, 6.45) is 2.44. The van der Waals surface area contributed by atoms with E-state index in [1.165, 1.54) is 12.2 Å². The SMILES string of the molecule is NCCOCCOCCN(CCOCCOCCN)C(=O)CCN1C(=O)C=CC1=O. The molecule has 11 nitrogen and oxygen atoms in total. The van der Waals surface area contributed by atoms with Crippen molar-refractivity contribution in [2.45, 2.75) is 6.42 Å². The van der Waals surface area contributed by atoms with Crippen molar-refractivity contribution in [3.63, 3.8) is 0 Å². The third-order valence-corrected chi connectivity index (χ3v) is 4.08. The van der Waals surface area contributed by atoms with E-state index in [0.29, 0.717) is 79.0 Å². The first kappa shape index (κ1) is 26.1. The van der Waals surface area contributed by atoms with Gasteiger partial charge in [0, 0.05) is 51.3 Å². The van der Waals surface area contributed by atoms with Gasteiger partial charge in [-0.3, -0.25) is 19.3 Å². The fourth-order valence-electron chi connectivity index (χ4n) is 2.54. The molecule has 0 aromatic rings. The van der Waals surface area contributed by atoms with Crippen LogP contribution in [0, 0.1) is 0 Å².